The van der Waals surface area contributed by atoms with E-state index in [4.69, 9.17) is 0 Å². The lowest BCUT2D eigenvalue weighted by Crippen LogP contribution is -2.34. The van der Waals surface area contributed by atoms with Crippen molar-refractivity contribution < 1.29 is 9.59 Å². The molecule has 0 spiro atoms. The van der Waals surface area contributed by atoms with Gasteiger partial charge in [-0.1, -0.05) is 0 Å². The molecule has 0 saturated heterocycles. The number of hydrogen-bond donors (Lipinski definition) is 0. The summed E-state index contributed by atoms with van der Waals surface area (Å²) < 4.78 is 1.77. The molecule has 0 aliphatic carbocycles. The molecule has 1 aromatic rings. The Morgan fingerprint density at radius 3 is 2.75 bits per heavy atom. The molecule has 0 fully saturated rings. The molecule has 3 rings (SSSR count). The van der Waals surface area contributed by atoms with Gasteiger partial charge in [0.2, 0.25) is 0 Å². The van der Waals surface area contributed by atoms with Gasteiger partial charge in [0.1, 0.15) is 11.5 Å². The number of aromatic nitrogens is 2. The van der Waals surface area contributed by atoms with Gasteiger partial charge in [0.25, 0.3) is 5.91 Å². The van der Waals surface area contributed by atoms with Gasteiger partial charge in [0, 0.05) is 38.7 Å². The van der Waals surface area contributed by atoms with Gasteiger partial charge in [-0.3, -0.25) is 14.3 Å². The molecule has 0 bridgehead atoms. The van der Waals surface area contributed by atoms with Crippen molar-refractivity contribution in [2.24, 2.45) is 5.92 Å². The Kier molecular flexibility index (Phi) is 3.12. The second-order valence-electron chi connectivity index (χ2n) is 5.94. The van der Waals surface area contributed by atoms with E-state index in [1.807, 2.05) is 0 Å². The molecule has 6 heteroatoms. The molecular formula is C14H20N4O2. The minimum atomic E-state index is -0.163. The summed E-state index contributed by atoms with van der Waals surface area (Å²) in [7, 11) is 3.82. The van der Waals surface area contributed by atoms with Gasteiger partial charge in [-0.15, -0.1) is 0 Å². The molecule has 0 aromatic carbocycles. The quantitative estimate of drug-likeness (QED) is 0.733. The average Bonchev–Trinajstić information content (AvgIpc) is 2.67. The molecule has 2 aliphatic heterocycles. The van der Waals surface area contributed by atoms with E-state index in [1.165, 1.54) is 0 Å². The minimum Gasteiger partial charge on any atom is -0.340 e. The van der Waals surface area contributed by atoms with Gasteiger partial charge in [-0.05, 0) is 14.0 Å². The van der Waals surface area contributed by atoms with Crippen molar-refractivity contribution in [3.8, 4) is 0 Å². The van der Waals surface area contributed by atoms with Crippen molar-refractivity contribution in [1.29, 1.82) is 0 Å². The molecule has 108 valence electrons. The van der Waals surface area contributed by atoms with Crippen molar-refractivity contribution in [3.63, 3.8) is 0 Å². The largest absolute Gasteiger partial charge is 0.340 e. The Bertz CT molecular complexity index is 578. The van der Waals surface area contributed by atoms with Crippen molar-refractivity contribution in [2.75, 3.05) is 27.2 Å². The van der Waals surface area contributed by atoms with Crippen LogP contribution in [0.4, 0.5) is 0 Å². The fraction of sp³-hybridized carbons (Fsp3) is 0.643. The van der Waals surface area contributed by atoms with E-state index in [1.54, 1.807) is 23.6 Å². The van der Waals surface area contributed by atoms with Crippen LogP contribution in [0.15, 0.2) is 0 Å². The molecule has 1 atom stereocenters. The molecule has 6 nitrogen and oxygen atoms in total. The Balaban J connectivity index is 2.07. The highest BCUT2D eigenvalue weighted by Gasteiger charge is 2.34. The van der Waals surface area contributed by atoms with E-state index in [-0.39, 0.29) is 17.6 Å². The van der Waals surface area contributed by atoms with E-state index in [0.717, 1.165) is 30.8 Å². The van der Waals surface area contributed by atoms with Crippen LogP contribution in [0.5, 0.6) is 0 Å². The minimum absolute atomic E-state index is 0.0159. The van der Waals surface area contributed by atoms with Crippen LogP contribution >= 0.6 is 0 Å². The second-order valence-corrected chi connectivity index (χ2v) is 5.94. The zero-order chi connectivity index (χ0) is 14.4. The SMILES string of the molecule is CC(=O)C1CN(C)C(=O)c2c3c(nn2C1)CCN(C)C3. The van der Waals surface area contributed by atoms with Crippen LogP contribution in [0.2, 0.25) is 0 Å². The third-order valence-electron chi connectivity index (χ3n) is 4.30. The topological polar surface area (TPSA) is 58.4 Å². The van der Waals surface area contributed by atoms with Crippen molar-refractivity contribution in [1.82, 2.24) is 19.6 Å². The number of carbonyl (C=O) groups is 2. The highest BCUT2D eigenvalue weighted by Crippen LogP contribution is 2.26. The van der Waals surface area contributed by atoms with E-state index >= 15 is 0 Å². The highest BCUT2D eigenvalue weighted by molar-refractivity contribution is 5.95. The van der Waals surface area contributed by atoms with Crippen LogP contribution in [0, 0.1) is 5.92 Å². The average molecular weight is 276 g/mol. The van der Waals surface area contributed by atoms with Gasteiger partial charge in [0.15, 0.2) is 0 Å². The molecule has 0 saturated carbocycles. The Morgan fingerprint density at radius 1 is 1.30 bits per heavy atom. The lowest BCUT2D eigenvalue weighted by Gasteiger charge is -2.23. The van der Waals surface area contributed by atoms with Crippen LogP contribution in [-0.4, -0.2) is 58.5 Å². The summed E-state index contributed by atoms with van der Waals surface area (Å²) in [5.41, 5.74) is 2.74. The number of fused-ring (bicyclic) bond motifs is 3. The third-order valence-corrected chi connectivity index (χ3v) is 4.30. The van der Waals surface area contributed by atoms with Crippen molar-refractivity contribution >= 4 is 11.7 Å². The summed E-state index contributed by atoms with van der Waals surface area (Å²) in [5.74, 6) is -0.0647. The van der Waals surface area contributed by atoms with E-state index in [2.05, 4.69) is 17.0 Å². The Hall–Kier alpha value is -1.69. The van der Waals surface area contributed by atoms with Crippen LogP contribution in [0.3, 0.4) is 0 Å². The first-order chi connectivity index (χ1) is 9.47. The van der Waals surface area contributed by atoms with Crippen LogP contribution in [-0.2, 0) is 24.3 Å². The number of ketones is 1. The molecule has 20 heavy (non-hydrogen) atoms. The maximum atomic E-state index is 12.6. The molecule has 2 aliphatic rings. The third kappa shape index (κ3) is 2.04. The molecule has 1 unspecified atom stereocenters. The van der Waals surface area contributed by atoms with Gasteiger partial charge >= 0.3 is 0 Å². The maximum Gasteiger partial charge on any atom is 0.272 e. The number of carbonyl (C=O) groups excluding carboxylic acids is 2. The standard InChI is InChI=1S/C14H20N4O2/c1-9(19)10-6-17(3)14(20)13-11-8-16(2)5-4-12(11)15-18(13)7-10/h10H,4-8H2,1-3H3. The highest BCUT2D eigenvalue weighted by atomic mass is 16.2. The molecular weight excluding hydrogens is 256 g/mol. The Morgan fingerprint density at radius 2 is 2.05 bits per heavy atom. The van der Waals surface area contributed by atoms with Crippen LogP contribution in [0.1, 0.15) is 28.7 Å². The smallest absolute Gasteiger partial charge is 0.272 e. The first kappa shape index (κ1) is 13.3. The van der Waals surface area contributed by atoms with Crippen molar-refractivity contribution in [2.45, 2.75) is 26.4 Å². The summed E-state index contributed by atoms with van der Waals surface area (Å²) >= 11 is 0. The van der Waals surface area contributed by atoms with Gasteiger partial charge in [0.05, 0.1) is 18.2 Å². The molecule has 0 N–H and O–H groups in total. The summed E-state index contributed by atoms with van der Waals surface area (Å²) in [6, 6.07) is 0. The normalized spacial score (nSPS) is 23.2. The second kappa shape index (κ2) is 4.70. The number of Topliss-reactive ketones (excluding diaryl/α,β-unsaturated/α-hetero) is 1. The van der Waals surface area contributed by atoms with Crippen molar-refractivity contribution in [3.05, 3.63) is 17.0 Å². The Labute approximate surface area is 118 Å². The number of nitrogens with zero attached hydrogens (tertiary/aromatic N) is 4. The van der Waals surface area contributed by atoms with Gasteiger partial charge in [-0.25, -0.2) is 0 Å². The fourth-order valence-corrected chi connectivity index (χ4v) is 3.05. The molecule has 0 radical (unpaired) electrons. The fourth-order valence-electron chi connectivity index (χ4n) is 3.05. The first-order valence-corrected chi connectivity index (χ1v) is 7.00. The lowest BCUT2D eigenvalue weighted by molar-refractivity contribution is -0.121. The van der Waals surface area contributed by atoms with Crippen LogP contribution < -0.4 is 0 Å². The summed E-state index contributed by atoms with van der Waals surface area (Å²) in [6.45, 7) is 4.30. The monoisotopic (exact) mass is 276 g/mol. The van der Waals surface area contributed by atoms with Gasteiger partial charge < -0.3 is 9.80 Å². The number of rotatable bonds is 1. The zero-order valence-electron chi connectivity index (χ0n) is 12.2. The number of amides is 1. The zero-order valence-corrected chi connectivity index (χ0v) is 12.2. The van der Waals surface area contributed by atoms with Crippen LogP contribution in [0.25, 0.3) is 0 Å². The summed E-state index contributed by atoms with van der Waals surface area (Å²) in [5, 5.41) is 4.59. The predicted octanol–water partition coefficient (Wildman–Crippen LogP) is 0.162. The summed E-state index contributed by atoms with van der Waals surface area (Å²) in [4.78, 5) is 28.2. The summed E-state index contributed by atoms with van der Waals surface area (Å²) in [6.07, 6.45) is 0.869. The predicted molar refractivity (Wildman–Crippen MR) is 73.4 cm³/mol. The number of likely N-dealkylation sites (N-methyl/N-ethyl adjacent to an activating group) is 1. The molecule has 3 heterocycles. The van der Waals surface area contributed by atoms with E-state index in [9.17, 15) is 9.59 Å². The number of hydrogen-bond acceptors (Lipinski definition) is 4. The molecule has 1 aromatic heterocycles. The van der Waals surface area contributed by atoms with Gasteiger partial charge in [-0.2, -0.15) is 5.10 Å². The van der Waals surface area contributed by atoms with E-state index < -0.39 is 0 Å². The van der Waals surface area contributed by atoms with E-state index in [0.29, 0.717) is 18.8 Å². The lowest BCUT2D eigenvalue weighted by atomic mass is 10.1. The maximum absolute atomic E-state index is 12.6. The first-order valence-electron chi connectivity index (χ1n) is 7.00. The molecule has 1 amide bonds.